The molecule has 2 fully saturated rings. The molecule has 1 aromatic rings. The van der Waals surface area contributed by atoms with Crippen LogP contribution < -0.4 is 0 Å². The first-order valence-corrected chi connectivity index (χ1v) is 11.3. The Balaban J connectivity index is 0.000000362. The van der Waals surface area contributed by atoms with Gasteiger partial charge in [0.2, 0.25) is 0 Å². The molecular weight excluding hydrogens is 508 g/mol. The molecule has 202 valence electrons. The third-order valence-corrected chi connectivity index (χ3v) is 6.59. The summed E-state index contributed by atoms with van der Waals surface area (Å²) in [5.41, 5.74) is 1.70. The first-order valence-electron chi connectivity index (χ1n) is 10.4. The van der Waals surface area contributed by atoms with Crippen molar-refractivity contribution in [3.05, 3.63) is 16.1 Å². The number of alkyl halides is 6. The summed E-state index contributed by atoms with van der Waals surface area (Å²) in [6.07, 6.45) is -7.55. The third kappa shape index (κ3) is 10.3. The van der Waals surface area contributed by atoms with E-state index < -0.39 is 24.3 Å². The number of aryl methyl sites for hydroxylation is 1. The van der Waals surface area contributed by atoms with E-state index >= 15 is 0 Å². The maximum Gasteiger partial charge on any atom is 0.490 e. The molecule has 1 atom stereocenters. The van der Waals surface area contributed by atoms with Crippen LogP contribution in [0.15, 0.2) is 5.38 Å². The third-order valence-electron chi connectivity index (χ3n) is 5.77. The lowest BCUT2D eigenvalue weighted by Crippen LogP contribution is -2.43. The number of methoxy groups -OCH3 is 1. The Labute approximate surface area is 202 Å². The van der Waals surface area contributed by atoms with Crippen LogP contribution in [0, 0.1) is 18.3 Å². The highest BCUT2D eigenvalue weighted by molar-refractivity contribution is 7.09. The maximum atomic E-state index is 10.6. The summed E-state index contributed by atoms with van der Waals surface area (Å²) in [7, 11) is 4.08. The summed E-state index contributed by atoms with van der Waals surface area (Å²) in [6.45, 7) is 8.82. The minimum absolute atomic E-state index is 0.466. The fraction of sp³-hybridized carbons (Fsp3) is 0.750. The van der Waals surface area contributed by atoms with E-state index in [9.17, 15) is 26.3 Å². The van der Waals surface area contributed by atoms with E-state index in [1.165, 1.54) is 43.2 Å². The van der Waals surface area contributed by atoms with Crippen molar-refractivity contribution in [3.63, 3.8) is 0 Å². The van der Waals surface area contributed by atoms with Gasteiger partial charge in [-0.3, -0.25) is 4.90 Å². The lowest BCUT2D eigenvalue weighted by molar-refractivity contribution is -0.193. The molecule has 0 aromatic carbocycles. The fourth-order valence-electron chi connectivity index (χ4n) is 4.04. The summed E-state index contributed by atoms with van der Waals surface area (Å²) in [6, 6.07) is 0. The van der Waals surface area contributed by atoms with Gasteiger partial charge < -0.3 is 19.8 Å². The van der Waals surface area contributed by atoms with Gasteiger partial charge in [0.25, 0.3) is 0 Å². The Bertz CT molecular complexity index is 801. The topological polar surface area (TPSA) is 103 Å². The predicted octanol–water partition coefficient (Wildman–Crippen LogP) is 3.51. The number of carboxylic acid groups (broad SMARTS) is 2. The Morgan fingerprint density at radius 2 is 1.63 bits per heavy atom. The summed E-state index contributed by atoms with van der Waals surface area (Å²) >= 11 is 1.76. The Morgan fingerprint density at radius 3 is 2.00 bits per heavy atom. The second kappa shape index (κ2) is 12.8. The predicted molar refractivity (Wildman–Crippen MR) is 114 cm³/mol. The highest BCUT2D eigenvalue weighted by Gasteiger charge is 2.47. The van der Waals surface area contributed by atoms with Crippen LogP contribution in [0.3, 0.4) is 0 Å². The number of carboxylic acids is 2. The molecule has 0 bridgehead atoms. The van der Waals surface area contributed by atoms with Crippen molar-refractivity contribution in [3.8, 4) is 0 Å². The van der Waals surface area contributed by atoms with Gasteiger partial charge in [0.1, 0.15) is 0 Å². The van der Waals surface area contributed by atoms with Gasteiger partial charge in [0.05, 0.1) is 17.3 Å². The first kappa shape index (κ1) is 31.1. The molecule has 0 radical (unpaired) electrons. The van der Waals surface area contributed by atoms with E-state index in [0.29, 0.717) is 11.3 Å². The smallest absolute Gasteiger partial charge is 0.475 e. The number of likely N-dealkylation sites (tertiary alicyclic amines) is 2. The standard InChI is InChI=1S/C16H27N3OS.2C2HF3O2/c1-13-17-15(11-21-13)9-19-8-14(10-20-3)16(12-19)4-6-18(2)7-5-16;2*3-2(4,5)1(6)7/h11,14H,4-10,12H2,1-3H3;2*(H,6,7). The molecule has 0 aliphatic carbocycles. The van der Waals surface area contributed by atoms with Crippen LogP contribution in [0.2, 0.25) is 0 Å². The summed E-state index contributed by atoms with van der Waals surface area (Å²) in [5, 5.41) is 17.6. The van der Waals surface area contributed by atoms with Gasteiger partial charge in [-0.05, 0) is 45.3 Å². The minimum atomic E-state index is -5.08. The molecule has 0 amide bonds. The molecule has 3 rings (SSSR count). The molecule has 1 aromatic heterocycles. The number of hydrogen-bond acceptors (Lipinski definition) is 7. The molecule has 35 heavy (non-hydrogen) atoms. The number of piperidine rings is 1. The summed E-state index contributed by atoms with van der Waals surface area (Å²) in [4.78, 5) is 27.5. The van der Waals surface area contributed by atoms with Crippen molar-refractivity contribution in [2.75, 3.05) is 46.9 Å². The zero-order valence-corrected chi connectivity index (χ0v) is 20.3. The highest BCUT2D eigenvalue weighted by atomic mass is 32.1. The SMILES string of the molecule is COCC1CN(Cc2csc(C)n2)CC12CCN(C)CC2.O=C(O)C(F)(F)F.O=C(O)C(F)(F)F. The number of nitrogens with zero attached hydrogens (tertiary/aromatic N) is 3. The normalized spacial score (nSPS) is 20.5. The van der Waals surface area contributed by atoms with Crippen molar-refractivity contribution in [2.24, 2.45) is 11.3 Å². The lowest BCUT2D eigenvalue weighted by Gasteiger charge is -2.41. The monoisotopic (exact) mass is 537 g/mol. The number of thiazole rings is 1. The molecule has 15 heteroatoms. The van der Waals surface area contributed by atoms with Gasteiger partial charge in [0.15, 0.2) is 0 Å². The summed E-state index contributed by atoms with van der Waals surface area (Å²) < 4.78 is 69.0. The number of halogens is 6. The average Bonchev–Trinajstić information content (AvgIpc) is 3.27. The van der Waals surface area contributed by atoms with Crippen LogP contribution in [-0.2, 0) is 20.9 Å². The van der Waals surface area contributed by atoms with Gasteiger partial charge in [0, 0.05) is 38.0 Å². The largest absolute Gasteiger partial charge is 0.490 e. The van der Waals surface area contributed by atoms with E-state index in [0.717, 1.165) is 19.7 Å². The van der Waals surface area contributed by atoms with Crippen LogP contribution >= 0.6 is 11.3 Å². The zero-order valence-electron chi connectivity index (χ0n) is 19.4. The number of ether oxygens (including phenoxy) is 1. The van der Waals surface area contributed by atoms with Crippen molar-refractivity contribution in [2.45, 2.75) is 38.7 Å². The lowest BCUT2D eigenvalue weighted by atomic mass is 9.71. The Kier molecular flexibility index (Phi) is 11.4. The van der Waals surface area contributed by atoms with Gasteiger partial charge in [-0.2, -0.15) is 26.3 Å². The molecule has 2 N–H and O–H groups in total. The van der Waals surface area contributed by atoms with Crippen molar-refractivity contribution in [1.82, 2.24) is 14.8 Å². The van der Waals surface area contributed by atoms with E-state index in [1.807, 2.05) is 7.11 Å². The van der Waals surface area contributed by atoms with E-state index in [4.69, 9.17) is 24.5 Å². The fourth-order valence-corrected chi connectivity index (χ4v) is 4.64. The second-order valence-electron chi connectivity index (χ2n) is 8.45. The van der Waals surface area contributed by atoms with Crippen LogP contribution in [0.25, 0.3) is 0 Å². The molecule has 1 spiro atoms. The number of aliphatic carboxylic acids is 2. The molecule has 0 saturated carbocycles. The molecular formula is C20H29F6N3O5S. The Hall–Kier alpha value is -1.97. The van der Waals surface area contributed by atoms with E-state index in [-0.39, 0.29) is 0 Å². The molecule has 2 aliphatic rings. The van der Waals surface area contributed by atoms with Crippen molar-refractivity contribution < 1.29 is 50.9 Å². The maximum absolute atomic E-state index is 10.6. The minimum Gasteiger partial charge on any atom is -0.475 e. The van der Waals surface area contributed by atoms with Gasteiger partial charge in [-0.15, -0.1) is 11.3 Å². The van der Waals surface area contributed by atoms with Crippen LogP contribution in [-0.4, -0.2) is 96.2 Å². The van der Waals surface area contributed by atoms with Crippen molar-refractivity contribution >= 4 is 23.3 Å². The summed E-state index contributed by atoms with van der Waals surface area (Å²) in [5.74, 6) is -4.84. The van der Waals surface area contributed by atoms with Gasteiger partial charge in [-0.25, -0.2) is 14.6 Å². The van der Waals surface area contributed by atoms with E-state index in [1.54, 1.807) is 11.3 Å². The first-order chi connectivity index (χ1) is 16.0. The van der Waals surface area contributed by atoms with Crippen LogP contribution in [0.1, 0.15) is 23.5 Å². The van der Waals surface area contributed by atoms with Crippen molar-refractivity contribution in [1.29, 1.82) is 0 Å². The highest BCUT2D eigenvalue weighted by Crippen LogP contribution is 2.45. The molecule has 2 aliphatic heterocycles. The van der Waals surface area contributed by atoms with Gasteiger partial charge in [-0.1, -0.05) is 0 Å². The molecule has 1 unspecified atom stereocenters. The number of rotatable bonds is 4. The van der Waals surface area contributed by atoms with E-state index in [2.05, 4.69) is 34.1 Å². The zero-order chi connectivity index (χ0) is 27.0. The van der Waals surface area contributed by atoms with Gasteiger partial charge >= 0.3 is 24.3 Å². The van der Waals surface area contributed by atoms with Crippen LogP contribution in [0.4, 0.5) is 26.3 Å². The molecule has 3 heterocycles. The number of hydrogen-bond donors (Lipinski definition) is 2. The second-order valence-corrected chi connectivity index (χ2v) is 9.51. The van der Waals surface area contributed by atoms with Crippen LogP contribution in [0.5, 0.6) is 0 Å². The number of carbonyl (C=O) groups is 2. The average molecular weight is 538 g/mol. The molecule has 2 saturated heterocycles. The molecule has 8 nitrogen and oxygen atoms in total. The quantitative estimate of drug-likeness (QED) is 0.563. The Morgan fingerprint density at radius 1 is 1.14 bits per heavy atom. The number of aromatic nitrogens is 1.